The Bertz CT molecular complexity index is 797. The van der Waals surface area contributed by atoms with Gasteiger partial charge in [0.15, 0.2) is 0 Å². The summed E-state index contributed by atoms with van der Waals surface area (Å²) < 4.78 is 0. The van der Waals surface area contributed by atoms with Crippen LogP contribution in [0.5, 0.6) is 0 Å². The Labute approximate surface area is 130 Å². The molecule has 1 aliphatic heterocycles. The summed E-state index contributed by atoms with van der Waals surface area (Å²) in [6.07, 6.45) is 1.95. The molecule has 0 radical (unpaired) electrons. The number of amides is 1. The van der Waals surface area contributed by atoms with Crippen LogP contribution in [0, 0.1) is 18.3 Å². The van der Waals surface area contributed by atoms with E-state index in [0.29, 0.717) is 5.56 Å². The lowest BCUT2D eigenvalue weighted by Gasteiger charge is -2.32. The van der Waals surface area contributed by atoms with Gasteiger partial charge < -0.3 is 0 Å². The summed E-state index contributed by atoms with van der Waals surface area (Å²) in [5.41, 5.74) is 4.36. The Kier molecular flexibility index (Phi) is 3.52. The second-order valence-electron chi connectivity index (χ2n) is 5.49. The minimum absolute atomic E-state index is 0.144. The van der Waals surface area contributed by atoms with E-state index >= 15 is 0 Å². The maximum absolute atomic E-state index is 12.8. The smallest absolute Gasteiger partial charge is 0.259 e. The summed E-state index contributed by atoms with van der Waals surface area (Å²) in [5.74, 6) is -0.144. The average molecular weight is 288 g/mol. The van der Waals surface area contributed by atoms with Crippen LogP contribution >= 0.6 is 0 Å². The average Bonchev–Trinajstić information content (AvgIpc) is 2.53. The van der Waals surface area contributed by atoms with Gasteiger partial charge in [-0.3, -0.25) is 9.69 Å². The van der Waals surface area contributed by atoms with Crippen molar-refractivity contribution in [3.8, 4) is 6.07 Å². The molecule has 0 saturated carbocycles. The van der Waals surface area contributed by atoms with Gasteiger partial charge in [-0.25, -0.2) is 0 Å². The van der Waals surface area contributed by atoms with Gasteiger partial charge in [0.1, 0.15) is 6.04 Å². The zero-order chi connectivity index (χ0) is 15.7. The Morgan fingerprint density at radius 1 is 1.09 bits per heavy atom. The molecule has 0 saturated heterocycles. The zero-order valence-electron chi connectivity index (χ0n) is 12.6. The maximum atomic E-state index is 12.8. The molecule has 1 atom stereocenters. The van der Waals surface area contributed by atoms with Gasteiger partial charge in [0.05, 0.1) is 6.07 Å². The first kappa shape index (κ1) is 14.1. The van der Waals surface area contributed by atoms with Crippen molar-refractivity contribution in [3.63, 3.8) is 0 Å². The van der Waals surface area contributed by atoms with Crippen LogP contribution in [0.25, 0.3) is 6.08 Å². The van der Waals surface area contributed by atoms with Crippen LogP contribution in [0.15, 0.2) is 54.2 Å². The molecule has 2 aromatic rings. The number of hydrogen-bond acceptors (Lipinski definition) is 2. The molecule has 0 fully saturated rings. The second kappa shape index (κ2) is 5.50. The fraction of sp³-hybridized carbons (Fsp3) is 0.158. The van der Waals surface area contributed by atoms with Crippen molar-refractivity contribution in [3.05, 3.63) is 76.5 Å². The standard InChI is InChI=1S/C19H16N2O/c1-13-7-9-15(10-8-13)19(22)21-14(2)11-16-5-3-4-6-17(16)18(21)12-20/h3-11,18H,1-2H3. The van der Waals surface area contributed by atoms with Crippen molar-refractivity contribution in [2.24, 2.45) is 0 Å². The summed E-state index contributed by atoms with van der Waals surface area (Å²) in [4.78, 5) is 14.4. The molecule has 22 heavy (non-hydrogen) atoms. The van der Waals surface area contributed by atoms with E-state index < -0.39 is 6.04 Å². The predicted octanol–water partition coefficient (Wildman–Crippen LogP) is 4.08. The van der Waals surface area contributed by atoms with Crippen LogP contribution in [0.1, 0.15) is 40.0 Å². The number of nitriles is 1. The monoisotopic (exact) mass is 288 g/mol. The number of benzene rings is 2. The first-order chi connectivity index (χ1) is 10.6. The summed E-state index contributed by atoms with van der Waals surface area (Å²) in [5, 5.41) is 9.59. The molecule has 1 heterocycles. The van der Waals surface area contributed by atoms with E-state index in [9.17, 15) is 10.1 Å². The summed E-state index contributed by atoms with van der Waals surface area (Å²) in [7, 11) is 0. The van der Waals surface area contributed by atoms with Crippen LogP contribution < -0.4 is 0 Å². The second-order valence-corrected chi connectivity index (χ2v) is 5.49. The number of nitrogens with zero attached hydrogens (tertiary/aromatic N) is 2. The third-order valence-corrected chi connectivity index (χ3v) is 3.93. The maximum Gasteiger partial charge on any atom is 0.259 e. The van der Waals surface area contributed by atoms with E-state index in [0.717, 1.165) is 22.4 Å². The normalized spacial score (nSPS) is 16.5. The van der Waals surface area contributed by atoms with Gasteiger partial charge in [0, 0.05) is 11.3 Å². The van der Waals surface area contributed by atoms with Crippen molar-refractivity contribution in [1.82, 2.24) is 4.90 Å². The topological polar surface area (TPSA) is 44.1 Å². The summed E-state index contributed by atoms with van der Waals surface area (Å²) in [6, 6.07) is 16.8. The van der Waals surface area contributed by atoms with E-state index in [2.05, 4.69) is 6.07 Å². The fourth-order valence-electron chi connectivity index (χ4n) is 2.77. The third kappa shape index (κ3) is 2.29. The van der Waals surface area contributed by atoms with Gasteiger partial charge in [0.25, 0.3) is 5.91 Å². The van der Waals surface area contributed by atoms with Crippen LogP contribution in [0.2, 0.25) is 0 Å². The zero-order valence-corrected chi connectivity index (χ0v) is 12.6. The van der Waals surface area contributed by atoms with Crippen LogP contribution in [0.4, 0.5) is 0 Å². The number of allylic oxidation sites excluding steroid dienone is 1. The molecule has 0 aliphatic carbocycles. The highest BCUT2D eigenvalue weighted by molar-refractivity contribution is 5.97. The lowest BCUT2D eigenvalue weighted by atomic mass is 9.94. The first-order valence-corrected chi connectivity index (χ1v) is 7.19. The van der Waals surface area contributed by atoms with Crippen molar-refractivity contribution >= 4 is 12.0 Å². The molecule has 1 unspecified atom stereocenters. The van der Waals surface area contributed by atoms with Gasteiger partial charge in [0.2, 0.25) is 0 Å². The fourth-order valence-corrected chi connectivity index (χ4v) is 2.77. The molecule has 1 amide bonds. The lowest BCUT2D eigenvalue weighted by Crippen LogP contribution is -2.35. The van der Waals surface area contributed by atoms with E-state index in [1.807, 2.05) is 56.3 Å². The molecule has 1 aliphatic rings. The Morgan fingerprint density at radius 2 is 1.77 bits per heavy atom. The summed E-state index contributed by atoms with van der Waals surface area (Å²) >= 11 is 0. The SMILES string of the molecule is CC1=Cc2ccccc2C(C#N)N1C(=O)c1ccc(C)cc1. The van der Waals surface area contributed by atoms with Crippen molar-refractivity contribution < 1.29 is 4.79 Å². The van der Waals surface area contributed by atoms with E-state index in [-0.39, 0.29) is 5.91 Å². The van der Waals surface area contributed by atoms with Crippen LogP contribution in [-0.2, 0) is 0 Å². The number of fused-ring (bicyclic) bond motifs is 1. The minimum Gasteiger partial charge on any atom is -0.292 e. The molecule has 0 aromatic heterocycles. The van der Waals surface area contributed by atoms with E-state index in [1.165, 1.54) is 0 Å². The van der Waals surface area contributed by atoms with Crippen LogP contribution in [0.3, 0.4) is 0 Å². The van der Waals surface area contributed by atoms with Crippen molar-refractivity contribution in [2.45, 2.75) is 19.9 Å². The number of aryl methyl sites for hydroxylation is 1. The molecule has 0 bridgehead atoms. The molecule has 3 rings (SSSR count). The number of carbonyl (C=O) groups is 1. The molecular weight excluding hydrogens is 272 g/mol. The summed E-state index contributed by atoms with van der Waals surface area (Å²) in [6.45, 7) is 3.85. The molecule has 2 aromatic carbocycles. The number of rotatable bonds is 1. The number of carbonyl (C=O) groups excluding carboxylic acids is 1. The van der Waals surface area contributed by atoms with Crippen LogP contribution in [-0.4, -0.2) is 10.8 Å². The van der Waals surface area contributed by atoms with Gasteiger partial charge in [-0.05, 0) is 43.2 Å². The lowest BCUT2D eigenvalue weighted by molar-refractivity contribution is 0.0775. The molecule has 3 heteroatoms. The first-order valence-electron chi connectivity index (χ1n) is 7.19. The van der Waals surface area contributed by atoms with Gasteiger partial charge >= 0.3 is 0 Å². The molecule has 3 nitrogen and oxygen atoms in total. The van der Waals surface area contributed by atoms with E-state index in [4.69, 9.17) is 0 Å². The molecule has 0 spiro atoms. The molecule has 108 valence electrons. The molecular formula is C19H16N2O. The minimum atomic E-state index is -0.588. The van der Waals surface area contributed by atoms with Crippen molar-refractivity contribution in [1.29, 1.82) is 5.26 Å². The Morgan fingerprint density at radius 3 is 2.45 bits per heavy atom. The third-order valence-electron chi connectivity index (χ3n) is 3.93. The van der Waals surface area contributed by atoms with Crippen molar-refractivity contribution in [2.75, 3.05) is 0 Å². The Balaban J connectivity index is 2.05. The predicted molar refractivity (Wildman–Crippen MR) is 85.8 cm³/mol. The van der Waals surface area contributed by atoms with Gasteiger partial charge in [-0.2, -0.15) is 5.26 Å². The van der Waals surface area contributed by atoms with E-state index in [1.54, 1.807) is 17.0 Å². The Hall–Kier alpha value is -2.86. The van der Waals surface area contributed by atoms with Gasteiger partial charge in [-0.1, -0.05) is 42.0 Å². The highest BCUT2D eigenvalue weighted by Crippen LogP contribution is 2.34. The highest BCUT2D eigenvalue weighted by atomic mass is 16.2. The number of hydrogen-bond donors (Lipinski definition) is 0. The quantitative estimate of drug-likeness (QED) is 0.793. The molecule has 0 N–H and O–H groups in total. The largest absolute Gasteiger partial charge is 0.292 e. The van der Waals surface area contributed by atoms with Gasteiger partial charge in [-0.15, -0.1) is 0 Å². The highest BCUT2D eigenvalue weighted by Gasteiger charge is 2.31.